The van der Waals surface area contributed by atoms with E-state index in [-0.39, 0.29) is 5.75 Å². The summed E-state index contributed by atoms with van der Waals surface area (Å²) in [5.74, 6) is 0.222. The van der Waals surface area contributed by atoms with Crippen molar-refractivity contribution in [1.29, 1.82) is 0 Å². The van der Waals surface area contributed by atoms with Gasteiger partial charge in [0.2, 0.25) is 0 Å². The summed E-state index contributed by atoms with van der Waals surface area (Å²) >= 11 is 0. The minimum Gasteiger partial charge on any atom is -0.329 e. The second-order valence-corrected chi connectivity index (χ2v) is 8.28. The highest BCUT2D eigenvalue weighted by Crippen LogP contribution is 2.16. The van der Waals surface area contributed by atoms with Gasteiger partial charge in [0.1, 0.15) is 0 Å². The van der Waals surface area contributed by atoms with E-state index in [2.05, 4.69) is 11.8 Å². The first-order valence-corrected chi connectivity index (χ1v) is 8.04. The molecule has 104 valence electrons. The lowest BCUT2D eigenvalue weighted by atomic mass is 10.3. The van der Waals surface area contributed by atoms with Crippen LogP contribution in [0.4, 0.5) is 0 Å². The zero-order chi connectivity index (χ0) is 13.5. The van der Waals surface area contributed by atoms with Crippen molar-refractivity contribution < 1.29 is 8.42 Å². The Labute approximate surface area is 106 Å². The van der Waals surface area contributed by atoms with E-state index in [9.17, 15) is 8.42 Å². The minimum atomic E-state index is -3.02. The van der Waals surface area contributed by atoms with E-state index in [0.717, 1.165) is 25.9 Å². The number of unbranched alkanes of at least 4 members (excludes halogenated alkanes) is 1. The molecule has 0 radical (unpaired) electrons. The molecule has 0 aliphatic rings. The fourth-order valence-electron chi connectivity index (χ4n) is 1.46. The quantitative estimate of drug-likeness (QED) is 0.717. The minimum absolute atomic E-state index is 0.222. The Morgan fingerprint density at radius 1 is 1.12 bits per heavy atom. The van der Waals surface area contributed by atoms with Crippen LogP contribution in [0.3, 0.4) is 0 Å². The Morgan fingerprint density at radius 2 is 1.71 bits per heavy atom. The number of hydrogen-bond donors (Lipinski definition) is 1. The van der Waals surface area contributed by atoms with Crippen molar-refractivity contribution in [1.82, 2.24) is 4.90 Å². The van der Waals surface area contributed by atoms with Crippen LogP contribution in [0.1, 0.15) is 40.5 Å². The van der Waals surface area contributed by atoms with E-state index >= 15 is 0 Å². The van der Waals surface area contributed by atoms with Gasteiger partial charge in [0.15, 0.2) is 9.84 Å². The zero-order valence-corrected chi connectivity index (χ0v) is 12.5. The van der Waals surface area contributed by atoms with Gasteiger partial charge in [0, 0.05) is 19.6 Å². The first kappa shape index (κ1) is 16.9. The normalized spacial score (nSPS) is 13.3. The van der Waals surface area contributed by atoms with Crippen LogP contribution in [-0.4, -0.2) is 50.0 Å². The molecule has 0 saturated heterocycles. The molecule has 2 N–H and O–H groups in total. The molecular formula is C12H28N2O2S. The largest absolute Gasteiger partial charge is 0.329 e. The van der Waals surface area contributed by atoms with Gasteiger partial charge in [0.25, 0.3) is 0 Å². The molecule has 0 aromatic rings. The zero-order valence-electron chi connectivity index (χ0n) is 11.7. The molecule has 0 atom stereocenters. The first-order chi connectivity index (χ1) is 7.74. The average molecular weight is 264 g/mol. The van der Waals surface area contributed by atoms with Crippen molar-refractivity contribution in [3.8, 4) is 0 Å². The van der Waals surface area contributed by atoms with E-state index in [1.54, 1.807) is 20.8 Å². The Balaban J connectivity index is 4.30. The Morgan fingerprint density at radius 3 is 2.12 bits per heavy atom. The molecule has 0 aliphatic heterocycles. The summed E-state index contributed by atoms with van der Waals surface area (Å²) in [6, 6.07) is 0. The van der Waals surface area contributed by atoms with Gasteiger partial charge in [0.05, 0.1) is 10.5 Å². The van der Waals surface area contributed by atoms with Crippen LogP contribution in [0.25, 0.3) is 0 Å². The second-order valence-electron chi connectivity index (χ2n) is 5.42. The van der Waals surface area contributed by atoms with Crippen molar-refractivity contribution in [2.24, 2.45) is 5.73 Å². The Kier molecular flexibility index (Phi) is 7.28. The van der Waals surface area contributed by atoms with Gasteiger partial charge in [-0.05, 0) is 33.7 Å². The highest BCUT2D eigenvalue weighted by Gasteiger charge is 2.28. The number of nitrogens with zero attached hydrogens (tertiary/aromatic N) is 1. The molecule has 0 saturated carbocycles. The monoisotopic (exact) mass is 264 g/mol. The van der Waals surface area contributed by atoms with Gasteiger partial charge < -0.3 is 10.6 Å². The highest BCUT2D eigenvalue weighted by atomic mass is 32.2. The third-order valence-electron chi connectivity index (χ3n) is 2.88. The van der Waals surface area contributed by atoms with Crippen molar-refractivity contribution in [3.63, 3.8) is 0 Å². The molecule has 17 heavy (non-hydrogen) atoms. The molecule has 4 nitrogen and oxygen atoms in total. The third kappa shape index (κ3) is 6.38. The molecule has 0 bridgehead atoms. The van der Waals surface area contributed by atoms with Crippen LogP contribution in [0.2, 0.25) is 0 Å². The molecule has 0 aromatic heterocycles. The van der Waals surface area contributed by atoms with Crippen LogP contribution >= 0.6 is 0 Å². The number of hydrogen-bond acceptors (Lipinski definition) is 4. The number of rotatable bonds is 8. The maximum atomic E-state index is 12.0. The maximum absolute atomic E-state index is 12.0. The molecule has 0 fully saturated rings. The maximum Gasteiger partial charge on any atom is 0.156 e. The molecule has 0 spiro atoms. The standard InChI is InChI=1S/C12H28N2O2S/c1-5-6-8-14(9-7-13)10-11-17(15,16)12(2,3)4/h5-11,13H2,1-4H3. The fraction of sp³-hybridized carbons (Fsp3) is 1.00. The molecular weight excluding hydrogens is 236 g/mol. The Bertz CT molecular complexity index is 294. The first-order valence-electron chi connectivity index (χ1n) is 6.39. The lowest BCUT2D eigenvalue weighted by molar-refractivity contribution is 0.291. The highest BCUT2D eigenvalue weighted by molar-refractivity contribution is 7.92. The summed E-state index contributed by atoms with van der Waals surface area (Å²) in [7, 11) is -3.02. The molecule has 0 unspecified atom stereocenters. The topological polar surface area (TPSA) is 63.4 Å². The van der Waals surface area contributed by atoms with Gasteiger partial charge >= 0.3 is 0 Å². The van der Waals surface area contributed by atoms with Crippen LogP contribution in [0, 0.1) is 0 Å². The lowest BCUT2D eigenvalue weighted by Crippen LogP contribution is -2.38. The van der Waals surface area contributed by atoms with Crippen LogP contribution in [0.5, 0.6) is 0 Å². The van der Waals surface area contributed by atoms with E-state index in [1.165, 1.54) is 0 Å². The molecule has 0 heterocycles. The molecule has 0 aliphatic carbocycles. The van der Waals surface area contributed by atoms with Crippen molar-refractivity contribution in [2.75, 3.05) is 31.9 Å². The molecule has 0 aromatic carbocycles. The van der Waals surface area contributed by atoms with E-state index in [1.807, 2.05) is 0 Å². The number of nitrogens with two attached hydrogens (primary N) is 1. The van der Waals surface area contributed by atoms with Gasteiger partial charge in [-0.3, -0.25) is 0 Å². The molecule has 0 rings (SSSR count). The van der Waals surface area contributed by atoms with Gasteiger partial charge in [-0.1, -0.05) is 13.3 Å². The average Bonchev–Trinajstić information content (AvgIpc) is 2.20. The smallest absolute Gasteiger partial charge is 0.156 e. The van der Waals surface area contributed by atoms with Crippen molar-refractivity contribution in [2.45, 2.75) is 45.3 Å². The summed E-state index contributed by atoms with van der Waals surface area (Å²) in [6.45, 7) is 10.3. The fourth-order valence-corrected chi connectivity index (χ4v) is 2.57. The Hall–Kier alpha value is -0.130. The van der Waals surface area contributed by atoms with E-state index in [0.29, 0.717) is 13.1 Å². The molecule has 5 heteroatoms. The van der Waals surface area contributed by atoms with Crippen molar-refractivity contribution in [3.05, 3.63) is 0 Å². The lowest BCUT2D eigenvalue weighted by Gasteiger charge is -2.24. The van der Waals surface area contributed by atoms with Crippen LogP contribution < -0.4 is 5.73 Å². The summed E-state index contributed by atoms with van der Waals surface area (Å²) in [5.41, 5.74) is 5.54. The predicted molar refractivity (Wildman–Crippen MR) is 73.9 cm³/mol. The second kappa shape index (κ2) is 7.34. The summed E-state index contributed by atoms with van der Waals surface area (Å²) in [6.07, 6.45) is 2.21. The number of sulfone groups is 1. The summed E-state index contributed by atoms with van der Waals surface area (Å²) in [5, 5.41) is 0. The summed E-state index contributed by atoms with van der Waals surface area (Å²) in [4.78, 5) is 2.15. The van der Waals surface area contributed by atoms with Gasteiger partial charge in [-0.15, -0.1) is 0 Å². The van der Waals surface area contributed by atoms with Crippen LogP contribution in [-0.2, 0) is 9.84 Å². The van der Waals surface area contributed by atoms with Crippen molar-refractivity contribution >= 4 is 9.84 Å². The molecule has 0 amide bonds. The van der Waals surface area contributed by atoms with Gasteiger partial charge in [-0.2, -0.15) is 0 Å². The van der Waals surface area contributed by atoms with Gasteiger partial charge in [-0.25, -0.2) is 8.42 Å². The van der Waals surface area contributed by atoms with E-state index < -0.39 is 14.6 Å². The van der Waals surface area contributed by atoms with Crippen LogP contribution in [0.15, 0.2) is 0 Å². The SMILES string of the molecule is CCCCN(CCN)CCS(=O)(=O)C(C)(C)C. The summed E-state index contributed by atoms with van der Waals surface area (Å²) < 4.78 is 23.3. The van der Waals surface area contributed by atoms with E-state index in [4.69, 9.17) is 5.73 Å². The predicted octanol–water partition coefficient (Wildman–Crippen LogP) is 1.26. The third-order valence-corrected chi connectivity index (χ3v) is 5.47.